The average molecular weight is 975 g/mol. The normalized spacial score (nSPS) is 36.2. The second-order valence-corrected chi connectivity index (χ2v) is 18.5. The number of aliphatic hydroxyl groups excluding tert-OH is 3. The van der Waals surface area contributed by atoms with Crippen LogP contribution >= 0.6 is 46.1 Å². The van der Waals surface area contributed by atoms with Gasteiger partial charge in [-0.3, -0.25) is 14.4 Å². The molecule has 13 atom stereocenters. The molecule has 2 bridgehead atoms. The Morgan fingerprint density at radius 3 is 2.42 bits per heavy atom. The van der Waals surface area contributed by atoms with E-state index in [9.17, 15) is 39.9 Å². The van der Waals surface area contributed by atoms with Crippen LogP contribution in [0.2, 0.25) is 0 Å². The monoisotopic (exact) mass is 974 g/mol. The molecule has 0 spiro atoms. The molecule has 7 rings (SSSR count). The molecule has 1 amide bonds. The molecule has 0 radical (unpaired) electrons. The molecule has 5 aliphatic rings. The van der Waals surface area contributed by atoms with Crippen molar-refractivity contribution in [1.29, 1.82) is 0 Å². The maximum Gasteiger partial charge on any atom is 0.407 e. The molecule has 20 heteroatoms. The third-order valence-corrected chi connectivity index (χ3v) is 15.9. The van der Waals surface area contributed by atoms with Crippen molar-refractivity contribution in [2.45, 2.75) is 110 Å². The summed E-state index contributed by atoms with van der Waals surface area (Å²) in [7, 11) is 3.90. The number of Topliss-reactive ketones (excluding diaryl/α,β-unsaturated/α-hetero) is 1. The molecule has 2 aromatic rings. The minimum atomic E-state index is -1.66. The number of hydrogen-bond acceptors (Lipinski definition) is 18. The zero-order chi connectivity index (χ0) is 42.7. The molecular weight excluding hydrogens is 927 g/mol. The number of alkyl carbamates (subject to hydrolysis) is 1. The standard InChI is InChI=1S/C39H47IN2O15S2/c1-15-24(30(51-4)31(52-5)27(45)25(15)40)35(48)59-32-17(3)54-23(13-20(32)43)57-42-26-16(2)55-36(29(47)28(26)46)56-34-18-9-7-8-10-19(18)38(50)14-21(44)33(41-37(49)53-6)39(34)22(38)11-12-58-39/h7-11,16-17,20,23,26,28-29,32-34,36,42-43,45-47,50H,12-14H2,1-6H3,(H,41,49)/t16-,17-,20+,23+,26-,28+,29-,32-,33?,34+,36+,38-,39-/m1/s1. The van der Waals surface area contributed by atoms with Crippen molar-refractivity contribution in [1.82, 2.24) is 10.8 Å². The molecule has 2 saturated heterocycles. The summed E-state index contributed by atoms with van der Waals surface area (Å²) in [5.41, 5.74) is 3.22. The number of halogens is 1. The molecule has 322 valence electrons. The third kappa shape index (κ3) is 7.43. The Balaban J connectivity index is 1.04. The van der Waals surface area contributed by atoms with E-state index in [1.54, 1.807) is 45.0 Å². The number of hydrogen-bond donors (Lipinski definition) is 7. The molecule has 3 fully saturated rings. The highest BCUT2D eigenvalue weighted by Crippen LogP contribution is 2.65. The summed E-state index contributed by atoms with van der Waals surface area (Å²) < 4.78 is 33.5. The van der Waals surface area contributed by atoms with Gasteiger partial charge in [0.2, 0.25) is 10.9 Å². The lowest BCUT2D eigenvalue weighted by Gasteiger charge is -2.57. The first-order valence-corrected chi connectivity index (χ1v) is 21.8. The summed E-state index contributed by atoms with van der Waals surface area (Å²) in [4.78, 5) is 45.9. The molecule has 59 heavy (non-hydrogen) atoms. The lowest BCUT2D eigenvalue weighted by molar-refractivity contribution is -0.310. The molecular formula is C39H47IN2O15S2. The van der Waals surface area contributed by atoms with Crippen LogP contribution in [0.15, 0.2) is 35.9 Å². The second kappa shape index (κ2) is 17.2. The largest absolute Gasteiger partial charge is 0.503 e. The zero-order valence-corrected chi connectivity index (χ0v) is 36.7. The van der Waals surface area contributed by atoms with Gasteiger partial charge in [0.05, 0.1) is 64.8 Å². The quantitative estimate of drug-likeness (QED) is 0.103. The fourth-order valence-electron chi connectivity index (χ4n) is 8.85. The average Bonchev–Trinajstić information content (AvgIpc) is 3.68. The summed E-state index contributed by atoms with van der Waals surface area (Å²) in [5, 5.41) is 58.4. The van der Waals surface area contributed by atoms with Crippen molar-refractivity contribution in [2.24, 2.45) is 0 Å². The van der Waals surface area contributed by atoms with E-state index in [0.717, 1.165) is 11.8 Å². The SMILES string of the molecule is COC(=O)NC1C(=O)C[C@]2(O)C3=CCS[C@]31[C@@H](O[C@@H]1O[C@H](C)[C@@H](NO[C@H]3C[C@H](O)[C@H](SC(=O)c4c(C)c(I)c(O)c(OC)c4OC)[C@@H](C)O3)[C@H](O)[C@H]1O)c1ccccc12. The minimum Gasteiger partial charge on any atom is -0.503 e. The van der Waals surface area contributed by atoms with Crippen LogP contribution in [0, 0.1) is 10.5 Å². The number of hydroxylamine groups is 1. The first kappa shape index (κ1) is 44.3. The van der Waals surface area contributed by atoms with Crippen LogP contribution in [-0.4, -0.2) is 135 Å². The van der Waals surface area contributed by atoms with Crippen molar-refractivity contribution in [3.05, 3.63) is 61.7 Å². The maximum absolute atomic E-state index is 13.8. The number of aliphatic hydroxyl groups is 4. The summed E-state index contributed by atoms with van der Waals surface area (Å²) >= 11 is 4.09. The smallest absolute Gasteiger partial charge is 0.407 e. The molecule has 3 heterocycles. The number of carbonyl (C=O) groups is 3. The van der Waals surface area contributed by atoms with Gasteiger partial charge in [-0.2, -0.15) is 5.48 Å². The number of amides is 1. The van der Waals surface area contributed by atoms with Crippen LogP contribution in [0.3, 0.4) is 0 Å². The van der Waals surface area contributed by atoms with Crippen LogP contribution in [0.25, 0.3) is 0 Å². The van der Waals surface area contributed by atoms with E-state index in [4.69, 9.17) is 33.3 Å². The number of rotatable bonds is 10. The highest BCUT2D eigenvalue weighted by Gasteiger charge is 2.69. The molecule has 1 saturated carbocycles. The van der Waals surface area contributed by atoms with E-state index in [2.05, 4.69) is 10.8 Å². The first-order chi connectivity index (χ1) is 28.0. The van der Waals surface area contributed by atoms with Gasteiger partial charge < -0.3 is 59.3 Å². The molecule has 2 aliphatic carbocycles. The lowest BCUT2D eigenvalue weighted by atomic mass is 9.59. The van der Waals surface area contributed by atoms with E-state index in [1.165, 1.54) is 33.1 Å². The molecule has 0 aromatic heterocycles. The Morgan fingerprint density at radius 2 is 1.75 bits per heavy atom. The number of phenols is 1. The number of ether oxygens (including phenoxy) is 6. The number of carbonyl (C=O) groups excluding carboxylic acids is 3. The topological polar surface area (TPSA) is 241 Å². The van der Waals surface area contributed by atoms with Gasteiger partial charge in [0.15, 0.2) is 29.9 Å². The van der Waals surface area contributed by atoms with Crippen LogP contribution in [0.1, 0.15) is 59.8 Å². The summed E-state index contributed by atoms with van der Waals surface area (Å²) in [5.74, 6) is -0.107. The van der Waals surface area contributed by atoms with E-state index in [1.807, 2.05) is 28.7 Å². The van der Waals surface area contributed by atoms with Gasteiger partial charge in [0.1, 0.15) is 30.0 Å². The van der Waals surface area contributed by atoms with Crippen LogP contribution in [0.5, 0.6) is 17.2 Å². The number of nitrogens with one attached hydrogen (secondary N) is 2. The Hall–Kier alpha value is -2.74. The summed E-state index contributed by atoms with van der Waals surface area (Å²) in [6.45, 7) is 4.99. The zero-order valence-electron chi connectivity index (χ0n) is 32.9. The van der Waals surface area contributed by atoms with Crippen molar-refractivity contribution in [3.63, 3.8) is 0 Å². The fraction of sp³-hybridized carbons (Fsp3) is 0.564. The maximum atomic E-state index is 13.8. The van der Waals surface area contributed by atoms with Gasteiger partial charge in [-0.15, -0.1) is 11.8 Å². The number of phenolic OH excluding ortho intramolecular Hbond substituents is 1. The third-order valence-electron chi connectivity index (χ3n) is 11.7. The van der Waals surface area contributed by atoms with Gasteiger partial charge in [0, 0.05) is 18.6 Å². The van der Waals surface area contributed by atoms with Crippen molar-refractivity contribution in [3.8, 4) is 17.2 Å². The fourth-order valence-corrected chi connectivity index (χ4v) is 12.1. The molecule has 2 aromatic carbocycles. The number of thioether (sulfide) groups is 2. The van der Waals surface area contributed by atoms with Crippen molar-refractivity contribution >= 4 is 63.1 Å². The molecule has 17 nitrogen and oxygen atoms in total. The highest BCUT2D eigenvalue weighted by atomic mass is 127. The van der Waals surface area contributed by atoms with Crippen LogP contribution in [0.4, 0.5) is 4.79 Å². The van der Waals surface area contributed by atoms with E-state index in [0.29, 0.717) is 31.6 Å². The lowest BCUT2D eigenvalue weighted by Crippen LogP contribution is -2.69. The Kier molecular flexibility index (Phi) is 12.9. The van der Waals surface area contributed by atoms with Gasteiger partial charge in [-0.1, -0.05) is 42.1 Å². The molecule has 1 unspecified atom stereocenters. The predicted molar refractivity (Wildman–Crippen MR) is 220 cm³/mol. The number of ketones is 1. The Morgan fingerprint density at radius 1 is 1.03 bits per heavy atom. The van der Waals surface area contributed by atoms with E-state index < -0.39 is 93.9 Å². The van der Waals surface area contributed by atoms with Crippen molar-refractivity contribution in [2.75, 3.05) is 27.1 Å². The number of benzene rings is 2. The van der Waals surface area contributed by atoms with Gasteiger partial charge in [-0.25, -0.2) is 4.79 Å². The molecule has 7 N–H and O–H groups in total. The molecule has 3 aliphatic heterocycles. The van der Waals surface area contributed by atoms with Crippen molar-refractivity contribution < 1.29 is 73.2 Å². The van der Waals surface area contributed by atoms with Gasteiger partial charge >= 0.3 is 6.09 Å². The van der Waals surface area contributed by atoms with E-state index >= 15 is 0 Å². The first-order valence-electron chi connectivity index (χ1n) is 18.8. The van der Waals surface area contributed by atoms with Crippen LogP contribution < -0.4 is 20.3 Å². The highest BCUT2D eigenvalue weighted by molar-refractivity contribution is 14.1. The van der Waals surface area contributed by atoms with Gasteiger partial charge in [0.25, 0.3) is 0 Å². The van der Waals surface area contributed by atoms with Crippen LogP contribution in [-0.2, 0) is 34.2 Å². The minimum absolute atomic E-state index is 0.0174. The second-order valence-electron chi connectivity index (χ2n) is 15.0. The number of aromatic hydroxyl groups is 1. The number of methoxy groups -OCH3 is 3. The van der Waals surface area contributed by atoms with Gasteiger partial charge in [-0.05, 0) is 65.6 Å². The number of fused-ring (bicyclic) bond motifs is 2. The summed E-state index contributed by atoms with van der Waals surface area (Å²) in [6.07, 6.45) is -8.72. The Bertz CT molecular complexity index is 2010. The predicted octanol–water partition coefficient (Wildman–Crippen LogP) is 2.49. The Labute approximate surface area is 361 Å². The summed E-state index contributed by atoms with van der Waals surface area (Å²) in [6, 6.07) is 4.76. The van der Waals surface area contributed by atoms with E-state index in [-0.39, 0.29) is 35.7 Å².